The third-order valence-corrected chi connectivity index (χ3v) is 4.10. The second-order valence-corrected chi connectivity index (χ2v) is 6.65. The molecule has 0 aliphatic heterocycles. The summed E-state index contributed by atoms with van der Waals surface area (Å²) in [6, 6.07) is 7.18. The van der Waals surface area contributed by atoms with E-state index in [0.717, 1.165) is 0 Å². The first kappa shape index (κ1) is 24.0. The van der Waals surface area contributed by atoms with Crippen molar-refractivity contribution in [3.8, 4) is 5.75 Å². The summed E-state index contributed by atoms with van der Waals surface area (Å²) in [4.78, 5) is 24.8. The molecule has 2 aromatic carbocycles. The van der Waals surface area contributed by atoms with Gasteiger partial charge in [-0.15, -0.1) is 0 Å². The number of halogens is 6. The van der Waals surface area contributed by atoms with Crippen LogP contribution in [0.3, 0.4) is 0 Å². The summed E-state index contributed by atoms with van der Waals surface area (Å²) in [6.07, 6.45) is -10.0. The molecule has 0 atom stereocenters. The lowest BCUT2D eigenvalue weighted by atomic mass is 10.1. The van der Waals surface area contributed by atoms with E-state index in [1.54, 1.807) is 25.2 Å². The first-order valence-electron chi connectivity index (χ1n) is 8.78. The van der Waals surface area contributed by atoms with Crippen LogP contribution in [-0.4, -0.2) is 30.4 Å². The van der Waals surface area contributed by atoms with Crippen LogP contribution >= 0.6 is 0 Å². The van der Waals surface area contributed by atoms with Crippen LogP contribution in [0.4, 0.5) is 32.0 Å². The van der Waals surface area contributed by atoms with E-state index in [1.165, 1.54) is 17.9 Å². The molecule has 0 fully saturated rings. The van der Waals surface area contributed by atoms with Gasteiger partial charge in [0.05, 0.1) is 11.1 Å². The molecule has 0 unspecified atom stereocenters. The SMILES string of the molecule is CC(=O)N(C)Cc1cccc(NC(=O)COc2cc(C(F)(F)F)cc(C(F)(F)F)c2)c1. The lowest BCUT2D eigenvalue weighted by Crippen LogP contribution is -2.23. The van der Waals surface area contributed by atoms with Crippen LogP contribution in [0.1, 0.15) is 23.6 Å². The summed E-state index contributed by atoms with van der Waals surface area (Å²) < 4.78 is 82.1. The normalized spacial score (nSPS) is 11.7. The molecular weight excluding hydrogens is 430 g/mol. The number of nitrogens with zero attached hydrogens (tertiary/aromatic N) is 1. The van der Waals surface area contributed by atoms with E-state index >= 15 is 0 Å². The molecule has 2 amide bonds. The highest BCUT2D eigenvalue weighted by Crippen LogP contribution is 2.38. The van der Waals surface area contributed by atoms with Gasteiger partial charge in [-0.2, -0.15) is 26.3 Å². The Bertz CT molecular complexity index is 924. The predicted octanol–water partition coefficient (Wildman–Crippen LogP) is 4.72. The fourth-order valence-corrected chi connectivity index (χ4v) is 2.49. The Hall–Kier alpha value is -3.24. The van der Waals surface area contributed by atoms with Gasteiger partial charge in [-0.25, -0.2) is 0 Å². The Labute approximate surface area is 173 Å². The van der Waals surface area contributed by atoms with Gasteiger partial charge in [0.25, 0.3) is 5.91 Å². The quantitative estimate of drug-likeness (QED) is 0.651. The molecule has 0 saturated heterocycles. The summed E-state index contributed by atoms with van der Waals surface area (Å²) in [5, 5.41) is 2.43. The monoisotopic (exact) mass is 448 g/mol. The lowest BCUT2D eigenvalue weighted by molar-refractivity contribution is -0.143. The van der Waals surface area contributed by atoms with Crippen LogP contribution in [0, 0.1) is 0 Å². The van der Waals surface area contributed by atoms with E-state index in [4.69, 9.17) is 4.74 Å². The Kier molecular flexibility index (Phi) is 7.19. The number of hydrogen-bond donors (Lipinski definition) is 1. The number of ether oxygens (including phenoxy) is 1. The van der Waals surface area contributed by atoms with Crippen molar-refractivity contribution in [2.45, 2.75) is 25.8 Å². The second-order valence-electron chi connectivity index (χ2n) is 6.65. The van der Waals surface area contributed by atoms with Gasteiger partial charge in [-0.3, -0.25) is 9.59 Å². The minimum Gasteiger partial charge on any atom is -0.484 e. The number of benzene rings is 2. The molecule has 0 saturated carbocycles. The minimum absolute atomic E-state index is 0.0313. The lowest BCUT2D eigenvalue weighted by Gasteiger charge is -2.16. The zero-order chi connectivity index (χ0) is 23.4. The molecule has 0 bridgehead atoms. The maximum absolute atomic E-state index is 12.9. The van der Waals surface area contributed by atoms with Crippen molar-refractivity contribution in [1.29, 1.82) is 0 Å². The Morgan fingerprint density at radius 2 is 1.55 bits per heavy atom. The van der Waals surface area contributed by atoms with E-state index in [2.05, 4.69) is 5.32 Å². The van der Waals surface area contributed by atoms with Crippen LogP contribution in [0.5, 0.6) is 5.75 Å². The van der Waals surface area contributed by atoms with Crippen LogP contribution in [0.2, 0.25) is 0 Å². The zero-order valence-electron chi connectivity index (χ0n) is 16.4. The van der Waals surface area contributed by atoms with Crippen molar-refractivity contribution in [3.63, 3.8) is 0 Å². The summed E-state index contributed by atoms with van der Waals surface area (Å²) >= 11 is 0. The summed E-state index contributed by atoms with van der Waals surface area (Å²) in [5.41, 5.74) is -2.06. The Morgan fingerprint density at radius 1 is 0.968 bits per heavy atom. The highest BCUT2D eigenvalue weighted by Gasteiger charge is 2.37. The second kappa shape index (κ2) is 9.27. The largest absolute Gasteiger partial charge is 0.484 e. The van der Waals surface area contributed by atoms with Gasteiger partial charge < -0.3 is 15.0 Å². The third-order valence-electron chi connectivity index (χ3n) is 4.10. The number of anilines is 1. The standard InChI is InChI=1S/C20H18F6N2O3/c1-12(29)28(2)10-13-4-3-5-16(6-13)27-18(30)11-31-17-8-14(19(21,22)23)7-15(9-17)20(24,25)26/h3-9H,10-11H2,1-2H3,(H,27,30). The first-order chi connectivity index (χ1) is 14.3. The molecule has 0 heterocycles. The van der Waals surface area contributed by atoms with Crippen LogP contribution < -0.4 is 10.1 Å². The molecule has 2 rings (SSSR count). The highest BCUT2D eigenvalue weighted by atomic mass is 19.4. The van der Waals surface area contributed by atoms with Gasteiger partial charge >= 0.3 is 12.4 Å². The fourth-order valence-electron chi connectivity index (χ4n) is 2.49. The van der Waals surface area contributed by atoms with Crippen LogP contribution in [0.15, 0.2) is 42.5 Å². The molecule has 0 spiro atoms. The van der Waals surface area contributed by atoms with Gasteiger partial charge in [0, 0.05) is 26.2 Å². The van der Waals surface area contributed by atoms with Gasteiger partial charge in [-0.1, -0.05) is 12.1 Å². The maximum Gasteiger partial charge on any atom is 0.416 e. The Morgan fingerprint density at radius 3 is 2.06 bits per heavy atom. The summed E-state index contributed by atoms with van der Waals surface area (Å²) in [6.45, 7) is 0.858. The molecule has 0 aromatic heterocycles. The number of carbonyl (C=O) groups excluding carboxylic acids is 2. The average Bonchev–Trinajstić information content (AvgIpc) is 2.65. The van der Waals surface area contributed by atoms with Crippen molar-refractivity contribution < 1.29 is 40.7 Å². The van der Waals surface area contributed by atoms with E-state index < -0.39 is 41.7 Å². The number of rotatable bonds is 6. The minimum atomic E-state index is -5.02. The highest BCUT2D eigenvalue weighted by molar-refractivity contribution is 5.92. The molecule has 168 valence electrons. The fraction of sp³-hybridized carbons (Fsp3) is 0.300. The number of amides is 2. The predicted molar refractivity (Wildman–Crippen MR) is 99.2 cm³/mol. The number of alkyl halides is 6. The Balaban J connectivity index is 2.08. The first-order valence-corrected chi connectivity index (χ1v) is 8.78. The van der Waals surface area contributed by atoms with E-state index in [1.807, 2.05) is 0 Å². The summed E-state index contributed by atoms with van der Waals surface area (Å²) in [5.74, 6) is -1.70. The van der Waals surface area contributed by atoms with Crippen molar-refractivity contribution in [1.82, 2.24) is 4.90 Å². The van der Waals surface area contributed by atoms with E-state index in [0.29, 0.717) is 23.4 Å². The van der Waals surface area contributed by atoms with Crippen molar-refractivity contribution in [2.24, 2.45) is 0 Å². The third kappa shape index (κ3) is 7.19. The molecule has 5 nitrogen and oxygen atoms in total. The topological polar surface area (TPSA) is 58.6 Å². The number of hydrogen-bond acceptors (Lipinski definition) is 3. The molecule has 31 heavy (non-hydrogen) atoms. The van der Waals surface area contributed by atoms with Crippen LogP contribution in [-0.2, 0) is 28.5 Å². The molecular formula is C20H18F6N2O3. The van der Waals surface area contributed by atoms with Gasteiger partial charge in [-0.05, 0) is 35.9 Å². The maximum atomic E-state index is 12.9. The smallest absolute Gasteiger partial charge is 0.416 e. The van der Waals surface area contributed by atoms with E-state index in [-0.39, 0.29) is 18.5 Å². The van der Waals surface area contributed by atoms with Gasteiger partial charge in [0.1, 0.15) is 5.75 Å². The van der Waals surface area contributed by atoms with Crippen molar-refractivity contribution >= 4 is 17.5 Å². The zero-order valence-corrected chi connectivity index (χ0v) is 16.4. The molecule has 0 radical (unpaired) electrons. The number of nitrogens with one attached hydrogen (secondary N) is 1. The van der Waals surface area contributed by atoms with Crippen molar-refractivity contribution in [3.05, 3.63) is 59.2 Å². The molecule has 2 aromatic rings. The van der Waals surface area contributed by atoms with E-state index in [9.17, 15) is 35.9 Å². The average molecular weight is 448 g/mol. The summed E-state index contributed by atoms with van der Waals surface area (Å²) in [7, 11) is 1.59. The molecule has 0 aliphatic rings. The molecule has 11 heteroatoms. The number of carbonyl (C=O) groups is 2. The van der Waals surface area contributed by atoms with Crippen LogP contribution in [0.25, 0.3) is 0 Å². The van der Waals surface area contributed by atoms with Gasteiger partial charge in [0.2, 0.25) is 5.91 Å². The van der Waals surface area contributed by atoms with Crippen molar-refractivity contribution in [2.75, 3.05) is 19.0 Å². The van der Waals surface area contributed by atoms with Gasteiger partial charge in [0.15, 0.2) is 6.61 Å². The molecule has 1 N–H and O–H groups in total. The molecule has 0 aliphatic carbocycles.